The van der Waals surface area contributed by atoms with E-state index in [1.807, 2.05) is 32.9 Å². The van der Waals surface area contributed by atoms with Crippen LogP contribution in [0.15, 0.2) is 36.1 Å². The van der Waals surface area contributed by atoms with Crippen LogP contribution in [-0.4, -0.2) is 34.3 Å². The van der Waals surface area contributed by atoms with Gasteiger partial charge in [0.15, 0.2) is 0 Å². The van der Waals surface area contributed by atoms with E-state index in [1.165, 1.54) is 5.56 Å². The van der Waals surface area contributed by atoms with Gasteiger partial charge in [0.2, 0.25) is 0 Å². The van der Waals surface area contributed by atoms with Gasteiger partial charge < -0.3 is 14.7 Å². The molecule has 1 heterocycles. The van der Waals surface area contributed by atoms with E-state index in [0.717, 1.165) is 22.7 Å². The summed E-state index contributed by atoms with van der Waals surface area (Å²) in [6, 6.07) is 8.09. The number of likely N-dealkylation sites (tertiary alicyclic amines) is 1. The molecule has 5 heteroatoms. The number of carbonyl (C=O) groups is 1. The van der Waals surface area contributed by atoms with Gasteiger partial charge in [-0.1, -0.05) is 40.2 Å². The lowest BCUT2D eigenvalue weighted by atomic mass is 9.99. The summed E-state index contributed by atoms with van der Waals surface area (Å²) in [6.45, 7) is 6.15. The third-order valence-electron chi connectivity index (χ3n) is 3.81. The summed E-state index contributed by atoms with van der Waals surface area (Å²) in [5.74, 6) is 0. The lowest BCUT2D eigenvalue weighted by Gasteiger charge is -2.29. The predicted octanol–water partition coefficient (Wildman–Crippen LogP) is 4.58. The fourth-order valence-corrected chi connectivity index (χ4v) is 3.11. The Bertz CT molecular complexity index is 592. The van der Waals surface area contributed by atoms with E-state index < -0.39 is 5.60 Å². The molecule has 4 nitrogen and oxygen atoms in total. The number of rotatable bonds is 3. The highest BCUT2D eigenvalue weighted by atomic mass is 79.9. The van der Waals surface area contributed by atoms with Crippen molar-refractivity contribution in [3.63, 3.8) is 0 Å². The Kier molecular flexibility index (Phi) is 5.74. The van der Waals surface area contributed by atoms with Crippen LogP contribution in [0.5, 0.6) is 0 Å². The number of aliphatic hydroxyl groups is 1. The number of carbonyl (C=O) groups excluding carboxylic acids is 1. The summed E-state index contributed by atoms with van der Waals surface area (Å²) in [5, 5.41) is 10.3. The molecule has 0 radical (unpaired) electrons. The van der Waals surface area contributed by atoms with Crippen molar-refractivity contribution < 1.29 is 14.6 Å². The molecule has 126 valence electrons. The largest absolute Gasteiger partial charge is 0.516 e. The second kappa shape index (κ2) is 7.39. The van der Waals surface area contributed by atoms with Crippen LogP contribution in [0, 0.1) is 0 Å². The van der Waals surface area contributed by atoms with Gasteiger partial charge in [0.25, 0.3) is 0 Å². The van der Waals surface area contributed by atoms with Crippen molar-refractivity contribution in [1.29, 1.82) is 0 Å². The fraction of sp³-hybridized carbons (Fsp3) is 0.500. The minimum atomic E-state index is -0.525. The van der Waals surface area contributed by atoms with E-state index in [0.29, 0.717) is 19.4 Å². The number of halogens is 1. The van der Waals surface area contributed by atoms with Crippen molar-refractivity contribution in [3.8, 4) is 0 Å². The summed E-state index contributed by atoms with van der Waals surface area (Å²) in [7, 11) is 0. The summed E-state index contributed by atoms with van der Waals surface area (Å²) in [6.07, 6.45) is 2.17. The highest BCUT2D eigenvalue weighted by Gasteiger charge is 2.35. The monoisotopic (exact) mass is 381 g/mol. The maximum atomic E-state index is 12.4. The Morgan fingerprint density at radius 3 is 2.74 bits per heavy atom. The molecule has 1 unspecified atom stereocenters. The first kappa shape index (κ1) is 17.9. The Morgan fingerprint density at radius 1 is 1.43 bits per heavy atom. The minimum absolute atomic E-state index is 0.152. The van der Waals surface area contributed by atoms with Gasteiger partial charge in [-0.15, -0.1) is 0 Å². The molecule has 1 fully saturated rings. The van der Waals surface area contributed by atoms with E-state index in [2.05, 4.69) is 28.1 Å². The first-order valence-corrected chi connectivity index (χ1v) is 8.92. The molecule has 1 atom stereocenters. The average molecular weight is 382 g/mol. The molecule has 0 spiro atoms. The number of aliphatic hydroxyl groups excluding tert-OH is 1. The van der Waals surface area contributed by atoms with Gasteiger partial charge in [-0.2, -0.15) is 0 Å². The van der Waals surface area contributed by atoms with Crippen molar-refractivity contribution in [2.45, 2.75) is 50.6 Å². The highest BCUT2D eigenvalue weighted by molar-refractivity contribution is 9.08. The van der Waals surface area contributed by atoms with Gasteiger partial charge in [0.1, 0.15) is 5.60 Å². The molecule has 0 bridgehead atoms. The molecule has 1 aliphatic heterocycles. The van der Waals surface area contributed by atoms with Crippen LogP contribution in [0.3, 0.4) is 0 Å². The standard InChI is InChI=1S/C18H24BrNO3/c1-18(2,3)23-17(22)20-8-7-15(12-21)16(20)10-13-5-4-6-14(9-13)11-19/h4-6,9,12,16,21H,7-8,10-11H2,1-3H3. The molecule has 0 aliphatic carbocycles. The normalized spacial score (nSPS) is 20.1. The average Bonchev–Trinajstić information content (AvgIpc) is 2.88. The number of nitrogens with zero attached hydrogens (tertiary/aromatic N) is 1. The maximum absolute atomic E-state index is 12.4. The van der Waals surface area contributed by atoms with Gasteiger partial charge in [0, 0.05) is 11.9 Å². The zero-order valence-electron chi connectivity index (χ0n) is 13.9. The third kappa shape index (κ3) is 4.74. The first-order valence-electron chi connectivity index (χ1n) is 7.80. The van der Waals surface area contributed by atoms with E-state index in [4.69, 9.17) is 4.74 Å². The number of alkyl halides is 1. The van der Waals surface area contributed by atoms with Crippen molar-refractivity contribution in [1.82, 2.24) is 4.90 Å². The summed E-state index contributed by atoms with van der Waals surface area (Å²) < 4.78 is 5.50. The Balaban J connectivity index is 2.18. The Hall–Kier alpha value is -1.49. The van der Waals surface area contributed by atoms with Crippen LogP contribution in [0.2, 0.25) is 0 Å². The molecular weight excluding hydrogens is 358 g/mol. The topological polar surface area (TPSA) is 49.8 Å². The van der Waals surface area contributed by atoms with Gasteiger partial charge in [-0.05, 0) is 50.3 Å². The van der Waals surface area contributed by atoms with Crippen molar-refractivity contribution in [3.05, 3.63) is 47.2 Å². The number of benzene rings is 1. The fourth-order valence-electron chi connectivity index (χ4n) is 2.77. The van der Waals surface area contributed by atoms with Crippen LogP contribution in [0.1, 0.15) is 38.3 Å². The van der Waals surface area contributed by atoms with E-state index >= 15 is 0 Å². The van der Waals surface area contributed by atoms with Gasteiger partial charge >= 0.3 is 6.09 Å². The maximum Gasteiger partial charge on any atom is 0.410 e. The highest BCUT2D eigenvalue weighted by Crippen LogP contribution is 2.28. The first-order chi connectivity index (χ1) is 10.8. The van der Waals surface area contributed by atoms with Crippen molar-refractivity contribution in [2.75, 3.05) is 6.54 Å². The van der Waals surface area contributed by atoms with E-state index in [1.54, 1.807) is 4.90 Å². The second-order valence-electron chi connectivity index (χ2n) is 6.80. The second-order valence-corrected chi connectivity index (χ2v) is 7.36. The van der Waals surface area contributed by atoms with E-state index in [9.17, 15) is 9.90 Å². The van der Waals surface area contributed by atoms with Crippen LogP contribution in [0.4, 0.5) is 4.79 Å². The van der Waals surface area contributed by atoms with Crippen LogP contribution in [-0.2, 0) is 16.5 Å². The minimum Gasteiger partial charge on any atom is -0.516 e. The summed E-state index contributed by atoms with van der Waals surface area (Å²) in [4.78, 5) is 14.1. The lowest BCUT2D eigenvalue weighted by Crippen LogP contribution is -2.41. The smallest absolute Gasteiger partial charge is 0.410 e. The SMILES string of the molecule is CC(C)(C)OC(=O)N1CCC(=CO)C1Cc1cccc(CBr)c1. The number of hydrogen-bond donors (Lipinski definition) is 1. The van der Waals surface area contributed by atoms with Gasteiger partial charge in [0.05, 0.1) is 12.3 Å². The van der Waals surface area contributed by atoms with Crippen LogP contribution in [0.25, 0.3) is 0 Å². The lowest BCUT2D eigenvalue weighted by molar-refractivity contribution is 0.0238. The molecule has 1 N–H and O–H groups in total. The molecule has 2 rings (SSSR count). The Morgan fingerprint density at radius 2 is 2.13 bits per heavy atom. The number of hydrogen-bond acceptors (Lipinski definition) is 3. The number of amides is 1. The summed E-state index contributed by atoms with van der Waals surface area (Å²) >= 11 is 3.46. The number of ether oxygens (including phenoxy) is 1. The van der Waals surface area contributed by atoms with Crippen LogP contribution >= 0.6 is 15.9 Å². The zero-order valence-corrected chi connectivity index (χ0v) is 15.5. The molecular formula is C18H24BrNO3. The van der Waals surface area contributed by atoms with Crippen molar-refractivity contribution in [2.24, 2.45) is 0 Å². The third-order valence-corrected chi connectivity index (χ3v) is 4.46. The quantitative estimate of drug-likeness (QED) is 0.615. The van der Waals surface area contributed by atoms with Gasteiger partial charge in [-0.3, -0.25) is 0 Å². The van der Waals surface area contributed by atoms with Gasteiger partial charge in [-0.25, -0.2) is 4.79 Å². The zero-order chi connectivity index (χ0) is 17.0. The molecule has 1 saturated heterocycles. The molecule has 1 aromatic rings. The predicted molar refractivity (Wildman–Crippen MR) is 94.8 cm³/mol. The molecule has 1 aliphatic rings. The van der Waals surface area contributed by atoms with Crippen LogP contribution < -0.4 is 0 Å². The Labute approximate surface area is 146 Å². The molecule has 0 aromatic heterocycles. The summed E-state index contributed by atoms with van der Waals surface area (Å²) in [5.41, 5.74) is 2.68. The van der Waals surface area contributed by atoms with Crippen molar-refractivity contribution >= 4 is 22.0 Å². The van der Waals surface area contributed by atoms with E-state index in [-0.39, 0.29) is 12.1 Å². The molecule has 1 amide bonds. The molecule has 23 heavy (non-hydrogen) atoms. The molecule has 1 aromatic carbocycles. The molecule has 0 saturated carbocycles.